The number of rotatable bonds is 5. The molecular formula is C20H29NO4. The number of hydrogen-bond donors (Lipinski definition) is 0. The molecule has 1 saturated heterocycles. The van der Waals surface area contributed by atoms with E-state index in [2.05, 4.69) is 0 Å². The standard InChI is InChI=1S/C20H29NO4/c1-20(2,3)25-19(23)21-13-7-9-16(15-21)10-8-14-24-18(22)17-11-5-4-6-12-17/h4-6,11-12,16H,7-10,13-15H2,1-3H3. The number of ether oxygens (including phenoxy) is 2. The van der Waals surface area contributed by atoms with Gasteiger partial charge in [0.2, 0.25) is 0 Å². The minimum Gasteiger partial charge on any atom is -0.462 e. The van der Waals surface area contributed by atoms with E-state index in [9.17, 15) is 9.59 Å². The van der Waals surface area contributed by atoms with Crippen molar-refractivity contribution in [1.82, 2.24) is 4.90 Å². The summed E-state index contributed by atoms with van der Waals surface area (Å²) >= 11 is 0. The van der Waals surface area contributed by atoms with Crippen LogP contribution in [0.1, 0.15) is 56.8 Å². The van der Waals surface area contributed by atoms with Crippen molar-refractivity contribution in [3.63, 3.8) is 0 Å². The molecule has 1 unspecified atom stereocenters. The van der Waals surface area contributed by atoms with Crippen molar-refractivity contribution >= 4 is 12.1 Å². The Morgan fingerprint density at radius 2 is 1.92 bits per heavy atom. The van der Waals surface area contributed by atoms with Crippen LogP contribution in [-0.2, 0) is 9.47 Å². The topological polar surface area (TPSA) is 55.8 Å². The smallest absolute Gasteiger partial charge is 0.410 e. The Morgan fingerprint density at radius 1 is 1.20 bits per heavy atom. The van der Waals surface area contributed by atoms with Crippen LogP contribution in [-0.4, -0.2) is 42.3 Å². The summed E-state index contributed by atoms with van der Waals surface area (Å²) in [6.45, 7) is 7.54. The zero-order valence-corrected chi connectivity index (χ0v) is 15.5. The summed E-state index contributed by atoms with van der Waals surface area (Å²) in [5.74, 6) is 0.163. The van der Waals surface area contributed by atoms with Crippen LogP contribution in [0, 0.1) is 5.92 Å². The molecule has 1 aromatic rings. The summed E-state index contributed by atoms with van der Waals surface area (Å²) in [6, 6.07) is 9.02. The van der Waals surface area contributed by atoms with Crippen LogP contribution in [0.3, 0.4) is 0 Å². The first-order chi connectivity index (χ1) is 11.8. The van der Waals surface area contributed by atoms with Crippen LogP contribution >= 0.6 is 0 Å². The number of amides is 1. The lowest BCUT2D eigenvalue weighted by Crippen LogP contribution is -2.42. The highest BCUT2D eigenvalue weighted by atomic mass is 16.6. The van der Waals surface area contributed by atoms with E-state index in [-0.39, 0.29) is 12.1 Å². The van der Waals surface area contributed by atoms with Crippen molar-refractivity contribution in [2.45, 2.75) is 52.1 Å². The molecule has 1 heterocycles. The van der Waals surface area contributed by atoms with E-state index in [1.807, 2.05) is 39.0 Å². The summed E-state index contributed by atoms with van der Waals surface area (Å²) in [5.41, 5.74) is 0.117. The van der Waals surface area contributed by atoms with Gasteiger partial charge in [0.25, 0.3) is 0 Å². The minimum absolute atomic E-state index is 0.229. The third-order valence-electron chi connectivity index (χ3n) is 4.17. The van der Waals surface area contributed by atoms with Gasteiger partial charge in [0.05, 0.1) is 12.2 Å². The van der Waals surface area contributed by atoms with Crippen LogP contribution < -0.4 is 0 Å². The first-order valence-electron chi connectivity index (χ1n) is 9.05. The molecule has 0 bridgehead atoms. The van der Waals surface area contributed by atoms with E-state index in [1.54, 1.807) is 17.0 Å². The van der Waals surface area contributed by atoms with Crippen molar-refractivity contribution in [3.05, 3.63) is 35.9 Å². The predicted octanol–water partition coefficient (Wildman–Crippen LogP) is 4.27. The normalized spacial score (nSPS) is 17.9. The SMILES string of the molecule is CC(C)(C)OC(=O)N1CCCC(CCCOC(=O)c2ccccc2)C1. The average Bonchev–Trinajstić information content (AvgIpc) is 2.58. The maximum atomic E-state index is 12.2. The van der Waals surface area contributed by atoms with E-state index in [1.165, 1.54) is 0 Å². The fraction of sp³-hybridized carbons (Fsp3) is 0.600. The Bertz CT molecular complexity index is 565. The number of piperidine rings is 1. The van der Waals surface area contributed by atoms with E-state index in [0.29, 0.717) is 18.1 Å². The quantitative estimate of drug-likeness (QED) is 0.589. The lowest BCUT2D eigenvalue weighted by molar-refractivity contribution is 0.0157. The Balaban J connectivity index is 1.69. The molecule has 0 N–H and O–H groups in total. The second kappa shape index (κ2) is 8.88. The molecule has 138 valence electrons. The first-order valence-corrected chi connectivity index (χ1v) is 9.05. The lowest BCUT2D eigenvalue weighted by atomic mass is 9.94. The first kappa shape index (κ1) is 19.3. The van der Waals surface area contributed by atoms with Gasteiger partial charge in [-0.15, -0.1) is 0 Å². The molecule has 1 amide bonds. The number of carbonyl (C=O) groups is 2. The maximum Gasteiger partial charge on any atom is 0.410 e. The molecule has 5 heteroatoms. The zero-order valence-electron chi connectivity index (χ0n) is 15.5. The summed E-state index contributed by atoms with van der Waals surface area (Å²) in [5, 5.41) is 0. The molecule has 1 aliphatic heterocycles. The van der Waals surface area contributed by atoms with Crippen molar-refractivity contribution < 1.29 is 19.1 Å². The van der Waals surface area contributed by atoms with Crippen molar-refractivity contribution in [3.8, 4) is 0 Å². The number of carbonyl (C=O) groups excluding carboxylic acids is 2. The van der Waals surface area contributed by atoms with Gasteiger partial charge in [0.1, 0.15) is 5.60 Å². The molecule has 0 saturated carbocycles. The number of hydrogen-bond acceptors (Lipinski definition) is 4. The van der Waals surface area contributed by atoms with Gasteiger partial charge in [-0.05, 0) is 64.5 Å². The van der Waals surface area contributed by atoms with E-state index in [4.69, 9.17) is 9.47 Å². The molecule has 1 aliphatic rings. The summed E-state index contributed by atoms with van der Waals surface area (Å²) < 4.78 is 10.8. The predicted molar refractivity (Wildman–Crippen MR) is 96.5 cm³/mol. The fourth-order valence-electron chi connectivity index (χ4n) is 2.99. The van der Waals surface area contributed by atoms with Gasteiger partial charge in [-0.1, -0.05) is 18.2 Å². The second-order valence-electron chi connectivity index (χ2n) is 7.58. The van der Waals surface area contributed by atoms with Gasteiger partial charge >= 0.3 is 12.1 Å². The molecule has 1 aromatic carbocycles. The Morgan fingerprint density at radius 3 is 2.60 bits per heavy atom. The number of nitrogens with zero attached hydrogens (tertiary/aromatic N) is 1. The molecule has 2 rings (SSSR count). The van der Waals surface area contributed by atoms with Crippen molar-refractivity contribution in [2.75, 3.05) is 19.7 Å². The third-order valence-corrected chi connectivity index (χ3v) is 4.17. The molecule has 25 heavy (non-hydrogen) atoms. The highest BCUT2D eigenvalue weighted by molar-refractivity contribution is 5.89. The van der Waals surface area contributed by atoms with Crippen LogP contribution in [0.4, 0.5) is 4.79 Å². The van der Waals surface area contributed by atoms with Gasteiger partial charge in [-0.2, -0.15) is 0 Å². The van der Waals surface area contributed by atoms with Crippen LogP contribution in [0.2, 0.25) is 0 Å². The Kier molecular flexibility index (Phi) is 6.85. The lowest BCUT2D eigenvalue weighted by Gasteiger charge is -2.34. The van der Waals surface area contributed by atoms with Gasteiger partial charge in [0.15, 0.2) is 0 Å². The van der Waals surface area contributed by atoms with Gasteiger partial charge < -0.3 is 14.4 Å². The average molecular weight is 347 g/mol. The molecule has 1 atom stereocenters. The Labute approximate surface area is 150 Å². The summed E-state index contributed by atoms with van der Waals surface area (Å²) in [6.07, 6.45) is 3.62. The molecule has 0 spiro atoms. The fourth-order valence-corrected chi connectivity index (χ4v) is 2.99. The van der Waals surface area contributed by atoms with Gasteiger partial charge in [-0.3, -0.25) is 0 Å². The molecule has 0 aromatic heterocycles. The van der Waals surface area contributed by atoms with Gasteiger partial charge in [-0.25, -0.2) is 9.59 Å². The summed E-state index contributed by atoms with van der Waals surface area (Å²) in [4.78, 5) is 25.8. The van der Waals surface area contributed by atoms with Crippen LogP contribution in [0.5, 0.6) is 0 Å². The molecule has 0 radical (unpaired) electrons. The third kappa shape index (κ3) is 6.77. The zero-order chi connectivity index (χ0) is 18.3. The highest BCUT2D eigenvalue weighted by Gasteiger charge is 2.27. The summed E-state index contributed by atoms with van der Waals surface area (Å²) in [7, 11) is 0. The van der Waals surface area contributed by atoms with Crippen molar-refractivity contribution in [2.24, 2.45) is 5.92 Å². The van der Waals surface area contributed by atoms with E-state index in [0.717, 1.165) is 38.8 Å². The number of likely N-dealkylation sites (tertiary alicyclic amines) is 1. The number of esters is 1. The largest absolute Gasteiger partial charge is 0.462 e. The van der Waals surface area contributed by atoms with E-state index >= 15 is 0 Å². The minimum atomic E-state index is -0.463. The van der Waals surface area contributed by atoms with Crippen molar-refractivity contribution in [1.29, 1.82) is 0 Å². The second-order valence-corrected chi connectivity index (χ2v) is 7.58. The van der Waals surface area contributed by atoms with Crippen LogP contribution in [0.25, 0.3) is 0 Å². The van der Waals surface area contributed by atoms with Crippen LogP contribution in [0.15, 0.2) is 30.3 Å². The number of benzene rings is 1. The van der Waals surface area contributed by atoms with Gasteiger partial charge in [0, 0.05) is 13.1 Å². The molecule has 5 nitrogen and oxygen atoms in total. The molecule has 0 aliphatic carbocycles. The Hall–Kier alpha value is -2.04. The maximum absolute atomic E-state index is 12.2. The molecule has 1 fully saturated rings. The highest BCUT2D eigenvalue weighted by Crippen LogP contribution is 2.22. The van der Waals surface area contributed by atoms with E-state index < -0.39 is 5.60 Å². The monoisotopic (exact) mass is 347 g/mol. The molecular weight excluding hydrogens is 318 g/mol.